The lowest BCUT2D eigenvalue weighted by Crippen LogP contribution is -2.38. The SMILES string of the molecule is COC(=O)c1cnc(NC2CC(Cn3cccn3)C2)c(Cl)c1. The molecule has 1 aliphatic carbocycles. The van der Waals surface area contributed by atoms with Crippen molar-refractivity contribution >= 4 is 23.4 Å². The molecule has 1 saturated carbocycles. The molecular formula is C15H17ClN4O2. The Morgan fingerprint density at radius 2 is 2.36 bits per heavy atom. The van der Waals surface area contributed by atoms with Gasteiger partial charge in [-0.25, -0.2) is 9.78 Å². The fraction of sp³-hybridized carbons (Fsp3) is 0.400. The van der Waals surface area contributed by atoms with Gasteiger partial charge in [-0.15, -0.1) is 0 Å². The Morgan fingerprint density at radius 1 is 1.55 bits per heavy atom. The molecule has 0 radical (unpaired) electrons. The molecule has 2 heterocycles. The zero-order chi connectivity index (χ0) is 15.5. The van der Waals surface area contributed by atoms with Crippen LogP contribution in [0.1, 0.15) is 23.2 Å². The Hall–Kier alpha value is -2.08. The van der Waals surface area contributed by atoms with Gasteiger partial charge >= 0.3 is 5.97 Å². The van der Waals surface area contributed by atoms with Crippen LogP contribution in [0.4, 0.5) is 5.82 Å². The van der Waals surface area contributed by atoms with Crippen LogP contribution in [-0.2, 0) is 11.3 Å². The van der Waals surface area contributed by atoms with Gasteiger partial charge in [0.2, 0.25) is 0 Å². The molecule has 0 aromatic carbocycles. The third kappa shape index (κ3) is 3.22. The summed E-state index contributed by atoms with van der Waals surface area (Å²) in [6, 6.07) is 3.86. The zero-order valence-electron chi connectivity index (χ0n) is 12.2. The number of esters is 1. The molecule has 0 atom stereocenters. The quantitative estimate of drug-likeness (QED) is 0.858. The maximum Gasteiger partial charge on any atom is 0.339 e. The van der Waals surface area contributed by atoms with Gasteiger partial charge in [0.05, 0.1) is 17.7 Å². The van der Waals surface area contributed by atoms with Crippen LogP contribution in [0, 0.1) is 5.92 Å². The first kappa shape index (κ1) is 14.8. The minimum Gasteiger partial charge on any atom is -0.465 e. The van der Waals surface area contributed by atoms with Gasteiger partial charge in [0.15, 0.2) is 0 Å². The standard InChI is InChI=1S/C15H17ClN4O2/c1-22-15(21)11-7-13(16)14(17-8-11)19-12-5-10(6-12)9-20-4-2-3-18-20/h2-4,7-8,10,12H,5-6,9H2,1H3,(H,17,19). The van der Waals surface area contributed by atoms with Crippen LogP contribution in [-0.4, -0.2) is 33.9 Å². The van der Waals surface area contributed by atoms with E-state index in [1.54, 1.807) is 12.3 Å². The molecule has 0 saturated heterocycles. The first-order chi connectivity index (χ1) is 10.7. The Labute approximate surface area is 133 Å². The summed E-state index contributed by atoms with van der Waals surface area (Å²) in [5.74, 6) is 0.784. The van der Waals surface area contributed by atoms with Crippen molar-refractivity contribution in [2.24, 2.45) is 5.92 Å². The molecule has 1 aliphatic rings. The predicted molar refractivity (Wildman–Crippen MR) is 82.9 cm³/mol. The van der Waals surface area contributed by atoms with Crippen LogP contribution in [0.15, 0.2) is 30.7 Å². The van der Waals surface area contributed by atoms with Crippen molar-refractivity contribution in [1.29, 1.82) is 0 Å². The summed E-state index contributed by atoms with van der Waals surface area (Å²) in [7, 11) is 1.33. The molecule has 0 unspecified atom stereocenters. The number of carbonyl (C=O) groups is 1. The maximum absolute atomic E-state index is 11.4. The molecule has 22 heavy (non-hydrogen) atoms. The van der Waals surface area contributed by atoms with Crippen molar-refractivity contribution in [3.63, 3.8) is 0 Å². The minimum absolute atomic E-state index is 0.350. The second-order valence-corrected chi connectivity index (χ2v) is 5.86. The molecule has 6 nitrogen and oxygen atoms in total. The van der Waals surface area contributed by atoms with Gasteiger partial charge in [-0.1, -0.05) is 11.6 Å². The van der Waals surface area contributed by atoms with Crippen molar-refractivity contribution in [2.45, 2.75) is 25.4 Å². The van der Waals surface area contributed by atoms with E-state index in [4.69, 9.17) is 11.6 Å². The largest absolute Gasteiger partial charge is 0.465 e. The Morgan fingerprint density at radius 3 is 3.00 bits per heavy atom. The number of ether oxygens (including phenoxy) is 1. The monoisotopic (exact) mass is 320 g/mol. The molecule has 1 fully saturated rings. The lowest BCUT2D eigenvalue weighted by Gasteiger charge is -2.36. The number of aromatic nitrogens is 3. The number of halogens is 1. The third-order valence-corrected chi connectivity index (χ3v) is 4.13. The van der Waals surface area contributed by atoms with E-state index in [0.717, 1.165) is 19.4 Å². The van der Waals surface area contributed by atoms with Crippen molar-refractivity contribution in [3.8, 4) is 0 Å². The lowest BCUT2D eigenvalue weighted by molar-refractivity contribution is 0.0600. The summed E-state index contributed by atoms with van der Waals surface area (Å²) < 4.78 is 6.60. The van der Waals surface area contributed by atoms with Crippen LogP contribution in [0.2, 0.25) is 5.02 Å². The first-order valence-corrected chi connectivity index (χ1v) is 7.51. The number of nitrogens with zero attached hydrogens (tertiary/aromatic N) is 3. The topological polar surface area (TPSA) is 69.0 Å². The number of methoxy groups -OCH3 is 1. The Kier molecular flexibility index (Phi) is 4.29. The van der Waals surface area contributed by atoms with E-state index >= 15 is 0 Å². The first-order valence-electron chi connectivity index (χ1n) is 7.13. The van der Waals surface area contributed by atoms with Crippen LogP contribution in [0.3, 0.4) is 0 Å². The van der Waals surface area contributed by atoms with Gasteiger partial charge < -0.3 is 10.1 Å². The summed E-state index contributed by atoms with van der Waals surface area (Å²) in [5, 5.41) is 7.96. The van der Waals surface area contributed by atoms with Crippen LogP contribution >= 0.6 is 11.6 Å². The van der Waals surface area contributed by atoms with Crippen LogP contribution in [0.5, 0.6) is 0 Å². The number of nitrogens with one attached hydrogen (secondary N) is 1. The highest BCUT2D eigenvalue weighted by Gasteiger charge is 2.30. The lowest BCUT2D eigenvalue weighted by atomic mass is 9.80. The minimum atomic E-state index is -0.441. The Balaban J connectivity index is 1.53. The molecule has 116 valence electrons. The number of hydrogen-bond acceptors (Lipinski definition) is 5. The molecule has 2 aromatic heterocycles. The van der Waals surface area contributed by atoms with E-state index in [0.29, 0.717) is 28.4 Å². The van der Waals surface area contributed by atoms with E-state index in [9.17, 15) is 4.79 Å². The van der Waals surface area contributed by atoms with Gasteiger partial charge in [0, 0.05) is 31.2 Å². The number of carbonyl (C=O) groups excluding carboxylic acids is 1. The molecule has 2 aromatic rings. The van der Waals surface area contributed by atoms with E-state index in [1.165, 1.54) is 13.3 Å². The number of anilines is 1. The van der Waals surface area contributed by atoms with E-state index < -0.39 is 5.97 Å². The fourth-order valence-corrected chi connectivity index (χ4v) is 2.86. The summed E-state index contributed by atoms with van der Waals surface area (Å²) in [6.45, 7) is 0.938. The van der Waals surface area contributed by atoms with E-state index in [1.807, 2.05) is 16.9 Å². The van der Waals surface area contributed by atoms with E-state index in [-0.39, 0.29) is 0 Å². The van der Waals surface area contributed by atoms with E-state index in [2.05, 4.69) is 20.1 Å². The second-order valence-electron chi connectivity index (χ2n) is 5.45. The molecule has 7 heteroatoms. The predicted octanol–water partition coefficient (Wildman–Crippen LogP) is 2.61. The highest BCUT2D eigenvalue weighted by molar-refractivity contribution is 6.33. The highest BCUT2D eigenvalue weighted by atomic mass is 35.5. The molecule has 0 bridgehead atoms. The summed E-state index contributed by atoms with van der Waals surface area (Å²) in [5.41, 5.74) is 0.350. The van der Waals surface area contributed by atoms with Gasteiger partial charge in [-0.2, -0.15) is 5.10 Å². The van der Waals surface area contributed by atoms with Gasteiger partial charge in [0.1, 0.15) is 5.82 Å². The third-order valence-electron chi connectivity index (χ3n) is 3.84. The van der Waals surface area contributed by atoms with Crippen LogP contribution in [0.25, 0.3) is 0 Å². The number of hydrogen-bond donors (Lipinski definition) is 1. The molecule has 0 spiro atoms. The summed E-state index contributed by atoms with van der Waals surface area (Å²) in [4.78, 5) is 15.6. The highest BCUT2D eigenvalue weighted by Crippen LogP contribution is 2.32. The smallest absolute Gasteiger partial charge is 0.339 e. The van der Waals surface area contributed by atoms with Gasteiger partial charge in [-0.05, 0) is 30.9 Å². The molecule has 3 rings (SSSR count). The summed E-state index contributed by atoms with van der Waals surface area (Å²) in [6.07, 6.45) is 7.35. The second kappa shape index (κ2) is 6.36. The van der Waals surface area contributed by atoms with Gasteiger partial charge in [-0.3, -0.25) is 4.68 Å². The average Bonchev–Trinajstić information content (AvgIpc) is 2.98. The number of pyridine rings is 1. The molecule has 0 aliphatic heterocycles. The van der Waals surface area contributed by atoms with Crippen molar-refractivity contribution < 1.29 is 9.53 Å². The summed E-state index contributed by atoms with van der Waals surface area (Å²) >= 11 is 6.16. The fourth-order valence-electron chi connectivity index (χ4n) is 2.64. The maximum atomic E-state index is 11.4. The van der Waals surface area contributed by atoms with Gasteiger partial charge in [0.25, 0.3) is 0 Å². The molecule has 0 amide bonds. The number of rotatable bonds is 5. The Bertz CT molecular complexity index is 654. The normalized spacial score (nSPS) is 20.3. The van der Waals surface area contributed by atoms with Crippen LogP contribution < -0.4 is 5.32 Å². The van der Waals surface area contributed by atoms with Crippen molar-refractivity contribution in [3.05, 3.63) is 41.3 Å². The average molecular weight is 321 g/mol. The van der Waals surface area contributed by atoms with Crippen molar-refractivity contribution in [1.82, 2.24) is 14.8 Å². The van der Waals surface area contributed by atoms with Crippen molar-refractivity contribution in [2.75, 3.05) is 12.4 Å². The molecular weight excluding hydrogens is 304 g/mol. The molecule has 1 N–H and O–H groups in total. The zero-order valence-corrected chi connectivity index (χ0v) is 13.0.